The number of aromatic nitrogens is 4. The van der Waals surface area contributed by atoms with E-state index in [2.05, 4.69) is 20.4 Å². The van der Waals surface area contributed by atoms with Crippen molar-refractivity contribution in [1.82, 2.24) is 19.7 Å². The molecule has 0 bridgehead atoms. The Morgan fingerprint density at radius 3 is 2.83 bits per heavy atom. The summed E-state index contributed by atoms with van der Waals surface area (Å²) in [6, 6.07) is 0. The maximum atomic E-state index is 13.6. The van der Waals surface area contributed by atoms with Crippen molar-refractivity contribution in [3.8, 4) is 11.6 Å². The Morgan fingerprint density at radius 2 is 2.17 bits per heavy atom. The van der Waals surface area contributed by atoms with Crippen LogP contribution in [0.15, 0.2) is 18.6 Å². The summed E-state index contributed by atoms with van der Waals surface area (Å²) in [6.45, 7) is 3.81. The molecule has 6 nitrogen and oxygen atoms in total. The molecule has 96 valence electrons. The maximum Gasteiger partial charge on any atom is 0.224 e. The Morgan fingerprint density at radius 1 is 1.39 bits per heavy atom. The zero-order chi connectivity index (χ0) is 13.1. The molecule has 0 radical (unpaired) electrons. The van der Waals surface area contributed by atoms with Gasteiger partial charge in [-0.3, -0.25) is 0 Å². The fraction of sp³-hybridized carbons (Fsp3) is 0.364. The average Bonchev–Trinajstić information content (AvgIpc) is 2.77. The topological polar surface area (TPSA) is 64.9 Å². The number of hydrogen-bond donors (Lipinski definition) is 1. The molecule has 0 spiro atoms. The van der Waals surface area contributed by atoms with E-state index in [-0.39, 0.29) is 11.9 Å². The van der Waals surface area contributed by atoms with Gasteiger partial charge in [-0.1, -0.05) is 0 Å². The zero-order valence-corrected chi connectivity index (χ0v) is 10.4. The number of anilines is 1. The first-order valence-electron chi connectivity index (χ1n) is 5.52. The molecule has 2 aromatic rings. The molecule has 0 unspecified atom stereocenters. The van der Waals surface area contributed by atoms with Gasteiger partial charge in [-0.2, -0.15) is 10.1 Å². The van der Waals surface area contributed by atoms with Gasteiger partial charge < -0.3 is 10.1 Å². The van der Waals surface area contributed by atoms with E-state index in [9.17, 15) is 4.39 Å². The second-order valence-corrected chi connectivity index (χ2v) is 3.90. The Kier molecular flexibility index (Phi) is 3.40. The van der Waals surface area contributed by atoms with Crippen LogP contribution in [0.4, 0.5) is 10.3 Å². The molecule has 0 amide bonds. The monoisotopic (exact) mass is 251 g/mol. The first-order chi connectivity index (χ1) is 8.60. The Labute approximate surface area is 104 Å². The van der Waals surface area contributed by atoms with E-state index in [4.69, 9.17) is 4.74 Å². The highest BCUT2D eigenvalue weighted by Gasteiger charge is 2.11. The fourth-order valence-corrected chi connectivity index (χ4v) is 1.39. The standard InChI is InChI=1S/C11H14FN5O/c1-7(2)18-8-4-15-17(6-8)10-9(12)5-14-11(13-3)16-10/h4-7H,1-3H3,(H,13,14,16). The number of ether oxygens (including phenoxy) is 1. The first kappa shape index (κ1) is 12.3. The number of hydrogen-bond acceptors (Lipinski definition) is 5. The van der Waals surface area contributed by atoms with Crippen LogP contribution in [0.2, 0.25) is 0 Å². The molecule has 2 aromatic heterocycles. The third-order valence-corrected chi connectivity index (χ3v) is 2.10. The van der Waals surface area contributed by atoms with E-state index in [0.717, 1.165) is 6.20 Å². The van der Waals surface area contributed by atoms with Gasteiger partial charge in [0.1, 0.15) is 0 Å². The summed E-state index contributed by atoms with van der Waals surface area (Å²) in [5.74, 6) is 0.420. The van der Waals surface area contributed by atoms with Gasteiger partial charge in [-0.15, -0.1) is 0 Å². The zero-order valence-electron chi connectivity index (χ0n) is 10.4. The summed E-state index contributed by atoms with van der Waals surface area (Å²) in [5, 5.41) is 6.75. The number of nitrogens with one attached hydrogen (secondary N) is 1. The summed E-state index contributed by atoms with van der Waals surface area (Å²) in [4.78, 5) is 7.77. The molecule has 1 N–H and O–H groups in total. The lowest BCUT2D eigenvalue weighted by molar-refractivity contribution is 0.242. The Hall–Kier alpha value is -2.18. The lowest BCUT2D eigenvalue weighted by Gasteiger charge is -2.06. The van der Waals surface area contributed by atoms with Gasteiger partial charge in [0.2, 0.25) is 5.95 Å². The fourth-order valence-electron chi connectivity index (χ4n) is 1.39. The van der Waals surface area contributed by atoms with Crippen molar-refractivity contribution < 1.29 is 9.13 Å². The first-order valence-corrected chi connectivity index (χ1v) is 5.52. The summed E-state index contributed by atoms with van der Waals surface area (Å²) in [6.07, 6.45) is 4.22. The van der Waals surface area contributed by atoms with Gasteiger partial charge in [0.15, 0.2) is 17.4 Å². The van der Waals surface area contributed by atoms with E-state index >= 15 is 0 Å². The number of halogens is 1. The quantitative estimate of drug-likeness (QED) is 0.894. The van der Waals surface area contributed by atoms with E-state index in [1.807, 2.05) is 13.8 Å². The molecule has 0 aromatic carbocycles. The third-order valence-electron chi connectivity index (χ3n) is 2.10. The smallest absolute Gasteiger partial charge is 0.224 e. The summed E-state index contributed by atoms with van der Waals surface area (Å²) in [7, 11) is 1.66. The van der Waals surface area contributed by atoms with Crippen LogP contribution >= 0.6 is 0 Å². The second kappa shape index (κ2) is 4.99. The Bertz CT molecular complexity index is 540. The van der Waals surface area contributed by atoms with Crippen molar-refractivity contribution in [1.29, 1.82) is 0 Å². The molecule has 0 aliphatic carbocycles. The molecule has 0 atom stereocenters. The van der Waals surface area contributed by atoms with Crippen molar-refractivity contribution in [3.63, 3.8) is 0 Å². The van der Waals surface area contributed by atoms with Gasteiger partial charge in [0.05, 0.1) is 24.7 Å². The number of rotatable bonds is 4. The van der Waals surface area contributed by atoms with Crippen molar-refractivity contribution in [3.05, 3.63) is 24.4 Å². The van der Waals surface area contributed by atoms with Gasteiger partial charge in [-0.05, 0) is 13.8 Å². The highest BCUT2D eigenvalue weighted by molar-refractivity contribution is 5.33. The minimum atomic E-state index is -0.548. The van der Waals surface area contributed by atoms with Crippen LogP contribution in [0.25, 0.3) is 5.82 Å². The second-order valence-electron chi connectivity index (χ2n) is 3.90. The molecule has 2 heterocycles. The van der Waals surface area contributed by atoms with E-state index in [1.54, 1.807) is 13.2 Å². The largest absolute Gasteiger partial charge is 0.488 e. The lowest BCUT2D eigenvalue weighted by atomic mass is 10.5. The summed E-state index contributed by atoms with van der Waals surface area (Å²) >= 11 is 0. The van der Waals surface area contributed by atoms with Crippen LogP contribution in [-0.2, 0) is 0 Å². The predicted molar refractivity (Wildman–Crippen MR) is 64.4 cm³/mol. The molecular weight excluding hydrogens is 237 g/mol. The molecule has 0 aliphatic heterocycles. The van der Waals surface area contributed by atoms with Gasteiger partial charge in [-0.25, -0.2) is 14.1 Å². The van der Waals surface area contributed by atoms with Crippen molar-refractivity contribution in [2.75, 3.05) is 12.4 Å². The highest BCUT2D eigenvalue weighted by atomic mass is 19.1. The molecular formula is C11H14FN5O. The van der Waals surface area contributed by atoms with Crippen LogP contribution < -0.4 is 10.1 Å². The van der Waals surface area contributed by atoms with Crippen molar-refractivity contribution in [2.24, 2.45) is 0 Å². The minimum Gasteiger partial charge on any atom is -0.488 e. The van der Waals surface area contributed by atoms with Crippen LogP contribution in [0.1, 0.15) is 13.8 Å². The lowest BCUT2D eigenvalue weighted by Crippen LogP contribution is -2.06. The molecule has 0 fully saturated rings. The van der Waals surface area contributed by atoms with Crippen LogP contribution in [-0.4, -0.2) is 32.9 Å². The molecule has 0 saturated heterocycles. The number of nitrogens with zero attached hydrogens (tertiary/aromatic N) is 4. The maximum absolute atomic E-state index is 13.6. The molecule has 0 saturated carbocycles. The van der Waals surface area contributed by atoms with Gasteiger partial charge >= 0.3 is 0 Å². The minimum absolute atomic E-state index is 0.0331. The highest BCUT2D eigenvalue weighted by Crippen LogP contribution is 2.16. The van der Waals surface area contributed by atoms with E-state index in [0.29, 0.717) is 11.7 Å². The van der Waals surface area contributed by atoms with Crippen LogP contribution in [0.3, 0.4) is 0 Å². The molecule has 18 heavy (non-hydrogen) atoms. The van der Waals surface area contributed by atoms with Crippen molar-refractivity contribution in [2.45, 2.75) is 20.0 Å². The molecule has 0 aliphatic rings. The van der Waals surface area contributed by atoms with Gasteiger partial charge in [0, 0.05) is 7.05 Å². The van der Waals surface area contributed by atoms with Crippen LogP contribution in [0, 0.1) is 5.82 Å². The van der Waals surface area contributed by atoms with Gasteiger partial charge in [0.25, 0.3) is 0 Å². The normalized spacial score (nSPS) is 10.7. The third kappa shape index (κ3) is 2.55. The predicted octanol–water partition coefficient (Wildman–Crippen LogP) is 1.63. The molecule has 7 heteroatoms. The summed E-state index contributed by atoms with van der Waals surface area (Å²) < 4.78 is 20.4. The molecule has 2 rings (SSSR count). The SMILES string of the molecule is CNc1ncc(F)c(-n2cc(OC(C)C)cn2)n1. The van der Waals surface area contributed by atoms with Crippen molar-refractivity contribution >= 4 is 5.95 Å². The Balaban J connectivity index is 2.33. The summed E-state index contributed by atoms with van der Waals surface area (Å²) in [5.41, 5.74) is 0. The van der Waals surface area contributed by atoms with E-state index in [1.165, 1.54) is 10.9 Å². The average molecular weight is 251 g/mol. The van der Waals surface area contributed by atoms with E-state index < -0.39 is 5.82 Å². The van der Waals surface area contributed by atoms with Crippen LogP contribution in [0.5, 0.6) is 5.75 Å².